The molecular formula is C6H10N2O2S2. The number of thiazole rings is 1. The Morgan fingerprint density at radius 1 is 1.67 bits per heavy atom. The largest absolute Gasteiger partial charge is 0.326 e. The van der Waals surface area contributed by atoms with Gasteiger partial charge in [-0.25, -0.2) is 13.4 Å². The van der Waals surface area contributed by atoms with Crippen LogP contribution in [0.5, 0.6) is 0 Å². The van der Waals surface area contributed by atoms with Crippen molar-refractivity contribution >= 4 is 21.2 Å². The zero-order valence-electron chi connectivity index (χ0n) is 6.65. The molecule has 1 heterocycles. The number of rotatable bonds is 3. The van der Waals surface area contributed by atoms with Crippen molar-refractivity contribution in [2.24, 2.45) is 5.73 Å². The van der Waals surface area contributed by atoms with Crippen molar-refractivity contribution in [2.45, 2.75) is 12.3 Å². The molecule has 6 heteroatoms. The van der Waals surface area contributed by atoms with Gasteiger partial charge in [0.15, 0.2) is 9.84 Å². The third-order valence-corrected chi connectivity index (χ3v) is 3.19. The molecule has 0 saturated heterocycles. The molecule has 0 spiro atoms. The van der Waals surface area contributed by atoms with Crippen molar-refractivity contribution in [1.82, 2.24) is 4.98 Å². The lowest BCUT2D eigenvalue weighted by Crippen LogP contribution is -1.99. The van der Waals surface area contributed by atoms with Crippen LogP contribution in [-0.2, 0) is 22.1 Å². The summed E-state index contributed by atoms with van der Waals surface area (Å²) < 4.78 is 21.7. The second kappa shape index (κ2) is 3.51. The summed E-state index contributed by atoms with van der Waals surface area (Å²) in [6, 6.07) is 0. The van der Waals surface area contributed by atoms with Gasteiger partial charge in [0.05, 0.1) is 0 Å². The average Bonchev–Trinajstić information content (AvgIpc) is 2.32. The Bertz CT molecular complexity index is 355. The smallest absolute Gasteiger partial charge is 0.153 e. The van der Waals surface area contributed by atoms with E-state index in [-0.39, 0.29) is 5.75 Å². The lowest BCUT2D eigenvalue weighted by molar-refractivity contribution is 0.601. The van der Waals surface area contributed by atoms with Crippen LogP contribution in [0.4, 0.5) is 0 Å². The van der Waals surface area contributed by atoms with Gasteiger partial charge in [0.25, 0.3) is 0 Å². The van der Waals surface area contributed by atoms with E-state index in [1.165, 1.54) is 17.6 Å². The van der Waals surface area contributed by atoms with Gasteiger partial charge in [-0.1, -0.05) is 0 Å². The minimum Gasteiger partial charge on any atom is -0.326 e. The zero-order chi connectivity index (χ0) is 9.19. The molecule has 0 atom stereocenters. The van der Waals surface area contributed by atoms with Crippen LogP contribution >= 0.6 is 11.3 Å². The summed E-state index contributed by atoms with van der Waals surface area (Å²) in [6.45, 7) is 0.418. The van der Waals surface area contributed by atoms with Gasteiger partial charge in [0.1, 0.15) is 10.8 Å². The van der Waals surface area contributed by atoms with Gasteiger partial charge in [0.2, 0.25) is 0 Å². The highest BCUT2D eigenvalue weighted by molar-refractivity contribution is 7.90. The number of sulfone groups is 1. The van der Waals surface area contributed by atoms with E-state index in [0.29, 0.717) is 11.6 Å². The summed E-state index contributed by atoms with van der Waals surface area (Å²) in [4.78, 5) is 4.84. The van der Waals surface area contributed by atoms with E-state index in [2.05, 4.69) is 4.98 Å². The van der Waals surface area contributed by atoms with Gasteiger partial charge in [-0.2, -0.15) is 0 Å². The molecular weight excluding hydrogens is 196 g/mol. The third-order valence-electron chi connectivity index (χ3n) is 1.19. The Morgan fingerprint density at radius 3 is 2.75 bits per heavy atom. The van der Waals surface area contributed by atoms with Gasteiger partial charge in [-0.3, -0.25) is 0 Å². The van der Waals surface area contributed by atoms with Crippen LogP contribution in [0.15, 0.2) is 6.20 Å². The molecule has 0 amide bonds. The second-order valence-corrected chi connectivity index (χ2v) is 5.83. The van der Waals surface area contributed by atoms with E-state index in [9.17, 15) is 8.42 Å². The van der Waals surface area contributed by atoms with Crippen LogP contribution in [0.2, 0.25) is 0 Å². The summed E-state index contributed by atoms with van der Waals surface area (Å²) in [5.74, 6) is 0.0116. The van der Waals surface area contributed by atoms with E-state index >= 15 is 0 Å². The average molecular weight is 206 g/mol. The number of hydrogen-bond acceptors (Lipinski definition) is 5. The van der Waals surface area contributed by atoms with E-state index in [1.54, 1.807) is 6.20 Å². The Hall–Kier alpha value is -0.460. The fraction of sp³-hybridized carbons (Fsp3) is 0.500. The van der Waals surface area contributed by atoms with E-state index in [0.717, 1.165) is 4.88 Å². The van der Waals surface area contributed by atoms with Crippen molar-refractivity contribution in [3.63, 3.8) is 0 Å². The third kappa shape index (κ3) is 2.88. The molecule has 0 aliphatic rings. The van der Waals surface area contributed by atoms with Crippen molar-refractivity contribution in [3.8, 4) is 0 Å². The molecule has 2 N–H and O–H groups in total. The number of nitrogens with zero attached hydrogens (tertiary/aromatic N) is 1. The highest BCUT2D eigenvalue weighted by Gasteiger charge is 2.07. The molecule has 68 valence electrons. The van der Waals surface area contributed by atoms with Gasteiger partial charge < -0.3 is 5.73 Å². The molecule has 1 aromatic heterocycles. The summed E-state index contributed by atoms with van der Waals surface area (Å²) in [7, 11) is -2.96. The number of hydrogen-bond donors (Lipinski definition) is 1. The molecule has 0 unspecified atom stereocenters. The van der Waals surface area contributed by atoms with Gasteiger partial charge in [0, 0.05) is 23.9 Å². The SMILES string of the molecule is CS(=O)(=O)Cc1ncc(CN)s1. The summed E-state index contributed by atoms with van der Waals surface area (Å²) in [6.07, 6.45) is 2.81. The maximum absolute atomic E-state index is 10.8. The van der Waals surface area contributed by atoms with Crippen molar-refractivity contribution in [2.75, 3.05) is 6.26 Å². The van der Waals surface area contributed by atoms with Crippen molar-refractivity contribution in [1.29, 1.82) is 0 Å². The Kier molecular flexibility index (Phi) is 2.81. The van der Waals surface area contributed by atoms with Gasteiger partial charge in [-0.15, -0.1) is 11.3 Å². The lowest BCUT2D eigenvalue weighted by atomic mass is 10.6. The quantitative estimate of drug-likeness (QED) is 0.764. The van der Waals surface area contributed by atoms with E-state index in [1.807, 2.05) is 0 Å². The molecule has 12 heavy (non-hydrogen) atoms. The predicted octanol–water partition coefficient (Wildman–Crippen LogP) is 0.146. The van der Waals surface area contributed by atoms with Crippen LogP contribution in [0.25, 0.3) is 0 Å². The molecule has 0 bridgehead atoms. The summed E-state index contributed by atoms with van der Waals surface area (Å²) in [5.41, 5.74) is 5.35. The normalized spacial score (nSPS) is 11.8. The minimum absolute atomic E-state index is 0.0116. The predicted molar refractivity (Wildman–Crippen MR) is 48.6 cm³/mol. The fourth-order valence-corrected chi connectivity index (χ4v) is 2.73. The second-order valence-electron chi connectivity index (χ2n) is 2.49. The first-order valence-electron chi connectivity index (χ1n) is 3.32. The molecule has 0 radical (unpaired) electrons. The molecule has 0 aromatic carbocycles. The summed E-state index contributed by atoms with van der Waals surface area (Å²) >= 11 is 1.34. The lowest BCUT2D eigenvalue weighted by Gasteiger charge is -1.90. The van der Waals surface area contributed by atoms with Crippen molar-refractivity contribution < 1.29 is 8.42 Å². The standard InChI is InChI=1S/C6H10N2O2S2/c1-12(9,10)4-6-8-3-5(2-7)11-6/h3H,2,4,7H2,1H3. The Labute approximate surface area is 75.4 Å². The van der Waals surface area contributed by atoms with Crippen LogP contribution < -0.4 is 5.73 Å². The molecule has 4 nitrogen and oxygen atoms in total. The highest BCUT2D eigenvalue weighted by Crippen LogP contribution is 2.14. The number of aromatic nitrogens is 1. The molecule has 1 aromatic rings. The van der Waals surface area contributed by atoms with Crippen molar-refractivity contribution in [3.05, 3.63) is 16.1 Å². The molecule has 0 saturated carbocycles. The highest BCUT2D eigenvalue weighted by atomic mass is 32.2. The monoisotopic (exact) mass is 206 g/mol. The molecule has 0 aliphatic carbocycles. The first kappa shape index (κ1) is 9.63. The van der Waals surface area contributed by atoms with Crippen LogP contribution in [0, 0.1) is 0 Å². The van der Waals surface area contributed by atoms with Crippen LogP contribution in [-0.4, -0.2) is 19.7 Å². The van der Waals surface area contributed by atoms with Crippen LogP contribution in [0.3, 0.4) is 0 Å². The van der Waals surface area contributed by atoms with E-state index < -0.39 is 9.84 Å². The maximum Gasteiger partial charge on any atom is 0.153 e. The Balaban J connectivity index is 2.78. The first-order chi connectivity index (χ1) is 5.51. The fourth-order valence-electron chi connectivity index (χ4n) is 0.733. The zero-order valence-corrected chi connectivity index (χ0v) is 8.28. The molecule has 0 aliphatic heterocycles. The first-order valence-corrected chi connectivity index (χ1v) is 6.20. The van der Waals surface area contributed by atoms with Crippen LogP contribution in [0.1, 0.15) is 9.88 Å². The number of nitrogens with two attached hydrogens (primary N) is 1. The van der Waals surface area contributed by atoms with Gasteiger partial charge in [-0.05, 0) is 0 Å². The minimum atomic E-state index is -2.96. The Morgan fingerprint density at radius 2 is 2.33 bits per heavy atom. The summed E-state index contributed by atoms with van der Waals surface area (Å²) in [5, 5.41) is 0.609. The molecule has 1 rings (SSSR count). The molecule has 0 fully saturated rings. The van der Waals surface area contributed by atoms with Gasteiger partial charge >= 0.3 is 0 Å². The maximum atomic E-state index is 10.8. The topological polar surface area (TPSA) is 73.0 Å². The van der Waals surface area contributed by atoms with E-state index in [4.69, 9.17) is 5.73 Å².